The molecule has 2 rings (SSSR count). The number of rotatable bonds is 0. The van der Waals surface area contributed by atoms with E-state index >= 15 is 0 Å². The number of pyridine rings is 1. The Kier molecular flexibility index (Phi) is 0.887. The molecule has 0 fully saturated rings. The van der Waals surface area contributed by atoms with Crippen LogP contribution in [0.3, 0.4) is 0 Å². The molecular formula is C6H5N3O. The maximum atomic E-state index is 8.96. The lowest BCUT2D eigenvalue weighted by molar-refractivity contribution is 0.470. The summed E-state index contributed by atoms with van der Waals surface area (Å²) in [6.45, 7) is 0. The van der Waals surface area contributed by atoms with Crippen LogP contribution >= 0.6 is 0 Å². The first-order valence-corrected chi connectivity index (χ1v) is 2.85. The van der Waals surface area contributed by atoms with E-state index in [1.165, 1.54) is 10.7 Å². The van der Waals surface area contributed by atoms with E-state index in [4.69, 9.17) is 5.11 Å². The van der Waals surface area contributed by atoms with Gasteiger partial charge in [0.1, 0.15) is 5.75 Å². The van der Waals surface area contributed by atoms with Crippen LogP contribution in [0.1, 0.15) is 0 Å². The first kappa shape index (κ1) is 5.22. The van der Waals surface area contributed by atoms with E-state index in [0.29, 0.717) is 0 Å². The van der Waals surface area contributed by atoms with Crippen molar-refractivity contribution in [3.8, 4) is 5.75 Å². The van der Waals surface area contributed by atoms with Crippen molar-refractivity contribution in [2.24, 2.45) is 0 Å². The Hall–Kier alpha value is -1.58. The largest absolute Gasteiger partial charge is 0.506 e. The van der Waals surface area contributed by atoms with Gasteiger partial charge in [0.05, 0.1) is 17.9 Å². The predicted molar refractivity (Wildman–Crippen MR) is 34.7 cm³/mol. The summed E-state index contributed by atoms with van der Waals surface area (Å²) >= 11 is 0. The molecule has 50 valence electrons. The van der Waals surface area contributed by atoms with Crippen molar-refractivity contribution in [2.75, 3.05) is 0 Å². The smallest absolute Gasteiger partial charge is 0.134 e. The first-order chi connectivity index (χ1) is 4.86. The highest BCUT2D eigenvalue weighted by Gasteiger charge is 1.92. The molecular weight excluding hydrogens is 130 g/mol. The minimum atomic E-state index is 0.193. The average Bonchev–Trinajstić information content (AvgIpc) is 2.33. The van der Waals surface area contributed by atoms with Crippen LogP contribution in [0.5, 0.6) is 5.75 Å². The Balaban J connectivity index is 2.86. The van der Waals surface area contributed by atoms with E-state index in [1.54, 1.807) is 18.3 Å². The molecule has 2 aromatic heterocycles. The third kappa shape index (κ3) is 0.621. The minimum absolute atomic E-state index is 0.193. The van der Waals surface area contributed by atoms with E-state index in [-0.39, 0.29) is 5.75 Å². The number of nitrogens with zero attached hydrogens (tertiary/aromatic N) is 3. The van der Waals surface area contributed by atoms with Crippen molar-refractivity contribution in [1.82, 2.24) is 14.8 Å². The van der Waals surface area contributed by atoms with Gasteiger partial charge in [-0.3, -0.25) is 0 Å². The number of aromatic hydroxyl groups is 1. The van der Waals surface area contributed by atoms with Crippen molar-refractivity contribution in [1.29, 1.82) is 0 Å². The summed E-state index contributed by atoms with van der Waals surface area (Å²) in [7, 11) is 0. The molecule has 0 unspecified atom stereocenters. The van der Waals surface area contributed by atoms with Crippen LogP contribution in [0.2, 0.25) is 0 Å². The molecule has 0 spiro atoms. The molecule has 0 aliphatic rings. The number of aromatic nitrogens is 3. The predicted octanol–water partition coefficient (Wildman–Crippen LogP) is 0.435. The lowest BCUT2D eigenvalue weighted by Crippen LogP contribution is -1.84. The highest BCUT2D eigenvalue weighted by atomic mass is 16.3. The maximum absolute atomic E-state index is 8.96. The second-order valence-corrected chi connectivity index (χ2v) is 1.99. The van der Waals surface area contributed by atoms with Crippen LogP contribution in [0, 0.1) is 0 Å². The fourth-order valence-corrected chi connectivity index (χ4v) is 0.810. The third-order valence-electron chi connectivity index (χ3n) is 1.28. The lowest BCUT2D eigenvalue weighted by atomic mass is 10.4. The second kappa shape index (κ2) is 1.70. The maximum Gasteiger partial charge on any atom is 0.134 e. The van der Waals surface area contributed by atoms with Crippen LogP contribution in [0.4, 0.5) is 0 Å². The van der Waals surface area contributed by atoms with Gasteiger partial charge in [0.2, 0.25) is 0 Å². The highest BCUT2D eigenvalue weighted by molar-refractivity contribution is 5.44. The molecule has 0 aliphatic carbocycles. The molecule has 0 radical (unpaired) electrons. The van der Waals surface area contributed by atoms with Gasteiger partial charge in [-0.1, -0.05) is 5.21 Å². The summed E-state index contributed by atoms with van der Waals surface area (Å²) in [5.41, 5.74) is 0.873. The Morgan fingerprint density at radius 1 is 1.40 bits per heavy atom. The summed E-state index contributed by atoms with van der Waals surface area (Å²) in [5.74, 6) is 0.193. The molecule has 1 N–H and O–H groups in total. The molecule has 0 saturated heterocycles. The van der Waals surface area contributed by atoms with Gasteiger partial charge in [-0.05, 0) is 12.1 Å². The van der Waals surface area contributed by atoms with Crippen LogP contribution in [-0.2, 0) is 0 Å². The van der Waals surface area contributed by atoms with Crippen molar-refractivity contribution in [2.45, 2.75) is 0 Å². The van der Waals surface area contributed by atoms with Gasteiger partial charge in [0.25, 0.3) is 0 Å². The van der Waals surface area contributed by atoms with Crippen LogP contribution in [-0.4, -0.2) is 19.9 Å². The van der Waals surface area contributed by atoms with Crippen molar-refractivity contribution in [3.05, 3.63) is 24.5 Å². The Morgan fingerprint density at radius 3 is 3.20 bits per heavy atom. The van der Waals surface area contributed by atoms with Crippen molar-refractivity contribution in [3.63, 3.8) is 0 Å². The van der Waals surface area contributed by atoms with Crippen molar-refractivity contribution < 1.29 is 5.11 Å². The summed E-state index contributed by atoms with van der Waals surface area (Å²) in [4.78, 5) is 0. The van der Waals surface area contributed by atoms with E-state index in [0.717, 1.165) is 5.52 Å². The quantitative estimate of drug-likeness (QED) is 0.570. The van der Waals surface area contributed by atoms with E-state index in [9.17, 15) is 0 Å². The van der Waals surface area contributed by atoms with E-state index in [2.05, 4.69) is 10.3 Å². The summed E-state index contributed by atoms with van der Waals surface area (Å²) in [6, 6.07) is 3.34. The van der Waals surface area contributed by atoms with E-state index in [1.807, 2.05) is 0 Å². The van der Waals surface area contributed by atoms with Gasteiger partial charge in [-0.15, -0.1) is 5.10 Å². The Bertz CT molecular complexity index is 355. The zero-order chi connectivity index (χ0) is 6.97. The van der Waals surface area contributed by atoms with Gasteiger partial charge in [-0.2, -0.15) is 0 Å². The fourth-order valence-electron chi connectivity index (χ4n) is 0.810. The number of hydrogen-bond donors (Lipinski definition) is 1. The van der Waals surface area contributed by atoms with Gasteiger partial charge in [0.15, 0.2) is 0 Å². The van der Waals surface area contributed by atoms with Gasteiger partial charge in [-0.25, -0.2) is 4.52 Å². The van der Waals surface area contributed by atoms with E-state index < -0.39 is 0 Å². The Morgan fingerprint density at radius 2 is 2.30 bits per heavy atom. The fraction of sp³-hybridized carbons (Fsp3) is 0. The molecule has 0 amide bonds. The normalized spacial score (nSPS) is 10.4. The van der Waals surface area contributed by atoms with Crippen LogP contribution < -0.4 is 0 Å². The molecule has 4 nitrogen and oxygen atoms in total. The summed E-state index contributed by atoms with van der Waals surface area (Å²) in [6.07, 6.45) is 3.13. The molecule has 0 aliphatic heterocycles. The standard InChI is InChI=1S/C6H5N3O/c10-6-2-1-5-3-7-8-9(5)4-6/h1-4,10H. The van der Waals surface area contributed by atoms with Gasteiger partial charge in [0, 0.05) is 0 Å². The van der Waals surface area contributed by atoms with Crippen LogP contribution in [0.15, 0.2) is 24.5 Å². The second-order valence-electron chi connectivity index (χ2n) is 1.99. The lowest BCUT2D eigenvalue weighted by Gasteiger charge is -1.90. The monoisotopic (exact) mass is 135 g/mol. The number of fused-ring (bicyclic) bond motifs is 1. The molecule has 2 aromatic rings. The summed E-state index contributed by atoms with van der Waals surface area (Å²) < 4.78 is 1.51. The van der Waals surface area contributed by atoms with Crippen molar-refractivity contribution >= 4 is 5.52 Å². The molecule has 0 atom stereocenters. The molecule has 0 bridgehead atoms. The Labute approximate surface area is 56.7 Å². The molecule has 0 aromatic carbocycles. The first-order valence-electron chi connectivity index (χ1n) is 2.85. The summed E-state index contributed by atoms with van der Waals surface area (Å²) in [5, 5.41) is 16.3. The molecule has 10 heavy (non-hydrogen) atoms. The van der Waals surface area contributed by atoms with Gasteiger partial charge < -0.3 is 5.11 Å². The zero-order valence-corrected chi connectivity index (χ0v) is 5.10. The molecule has 4 heteroatoms. The zero-order valence-electron chi connectivity index (χ0n) is 5.10. The molecule has 0 saturated carbocycles. The average molecular weight is 135 g/mol. The SMILES string of the molecule is Oc1ccc2cnnn2c1. The minimum Gasteiger partial charge on any atom is -0.506 e. The highest BCUT2D eigenvalue weighted by Crippen LogP contribution is 2.08. The topological polar surface area (TPSA) is 50.4 Å². The van der Waals surface area contributed by atoms with Gasteiger partial charge >= 0.3 is 0 Å². The van der Waals surface area contributed by atoms with Crippen LogP contribution in [0.25, 0.3) is 5.52 Å². The number of hydrogen-bond acceptors (Lipinski definition) is 3. The third-order valence-corrected chi connectivity index (χ3v) is 1.28. The molecule has 2 heterocycles.